The van der Waals surface area contributed by atoms with Gasteiger partial charge in [-0.3, -0.25) is 9.59 Å². The number of sulfonamides is 2. The van der Waals surface area contributed by atoms with Gasteiger partial charge in [0.15, 0.2) is 15.9 Å². The summed E-state index contributed by atoms with van der Waals surface area (Å²) < 4.78 is 64.8. The van der Waals surface area contributed by atoms with Crippen molar-refractivity contribution >= 4 is 71.1 Å². The number of hydrogen-bond acceptors (Lipinski definition) is 16. The first kappa shape index (κ1) is 54.9. The van der Waals surface area contributed by atoms with Gasteiger partial charge in [0.05, 0.1) is 17.7 Å². The van der Waals surface area contributed by atoms with Gasteiger partial charge in [-0.05, 0) is 191 Å². The van der Waals surface area contributed by atoms with E-state index in [4.69, 9.17) is 9.72 Å². The smallest absolute Gasteiger partial charge is 0.281 e. The molecule has 0 radical (unpaired) electrons. The van der Waals surface area contributed by atoms with Crippen LogP contribution in [0, 0.1) is 28.6 Å². The number of carbonyl (C=O) groups is 2. The molecule has 2 spiro atoms. The van der Waals surface area contributed by atoms with E-state index < -0.39 is 31.9 Å². The van der Waals surface area contributed by atoms with Crippen molar-refractivity contribution in [1.82, 2.24) is 39.2 Å². The highest BCUT2D eigenvalue weighted by atomic mass is 79.9. The first-order valence-electron chi connectivity index (χ1n) is 25.7. The SMILES string of the molecule is C.C.CC1(C)C[C@@H]2CCCNc3cccc(n3)S(=O)(=O)NC(=O)c3ccc(-n4ccc(OCCC5C6(CC6)C56CC6)n4)nc3N1C2.CC1(C)C[C@@H]2CCCNc3cccc(n3)S(=O)(=O)NC(=O)c3ccc(Br)nc3N1C2. The normalized spacial score (nSPS) is 23.7. The predicted octanol–water partition coefficient (Wildman–Crippen LogP) is 8.99. The minimum absolute atomic E-state index is 0. The van der Waals surface area contributed by atoms with Crippen LogP contribution in [-0.4, -0.2) is 102 Å². The molecule has 3 aliphatic carbocycles. The van der Waals surface area contributed by atoms with Crippen molar-refractivity contribution in [3.63, 3.8) is 0 Å². The van der Waals surface area contributed by atoms with E-state index in [0.29, 0.717) is 88.5 Å². The Morgan fingerprint density at radius 2 is 1.16 bits per heavy atom. The molecule has 9 heterocycles. The molecule has 2 atom stereocenters. The molecule has 3 saturated carbocycles. The number of halogens is 1. The zero-order valence-corrected chi connectivity index (χ0v) is 45.3. The van der Waals surface area contributed by atoms with Gasteiger partial charge >= 0.3 is 0 Å². The fourth-order valence-corrected chi connectivity index (χ4v) is 15.0. The van der Waals surface area contributed by atoms with Crippen LogP contribution >= 0.6 is 15.9 Å². The fourth-order valence-electron chi connectivity index (χ4n) is 12.8. The van der Waals surface area contributed by atoms with Crippen LogP contribution in [0.3, 0.4) is 0 Å². The first-order chi connectivity index (χ1) is 35.3. The molecule has 408 valence electrons. The Balaban J connectivity index is 0.000000194. The highest BCUT2D eigenvalue weighted by Gasteiger charge is 2.85. The summed E-state index contributed by atoms with van der Waals surface area (Å²) in [6.45, 7) is 12.0. The van der Waals surface area contributed by atoms with Gasteiger partial charge in [-0.2, -0.15) is 16.8 Å². The van der Waals surface area contributed by atoms with Gasteiger partial charge in [0.25, 0.3) is 31.9 Å². The number of aromatic nitrogens is 6. The fraction of sp³-hybridized carbons (Fsp3) is 0.537. The third-order valence-electron chi connectivity index (χ3n) is 16.5. The van der Waals surface area contributed by atoms with Crippen molar-refractivity contribution in [3.05, 3.63) is 88.7 Å². The molecule has 2 saturated heterocycles. The molecule has 12 rings (SSSR count). The Kier molecular flexibility index (Phi) is 14.8. The second-order valence-electron chi connectivity index (χ2n) is 22.4. The highest BCUT2D eigenvalue weighted by Crippen LogP contribution is 2.93. The average Bonchev–Trinajstić information content (AvgIpc) is 4.30. The Morgan fingerprint density at radius 3 is 1.67 bits per heavy atom. The Morgan fingerprint density at radius 1 is 0.658 bits per heavy atom. The number of nitrogens with one attached hydrogen (secondary N) is 4. The van der Waals surface area contributed by atoms with Crippen LogP contribution in [0.4, 0.5) is 23.3 Å². The second kappa shape index (κ2) is 20.5. The number of carbonyl (C=O) groups excluding carboxylic acids is 2. The standard InChI is InChI=1S/C32H39N7O4S.C20H24BrN5O3S.2CH4/c1-30(2)19-21-5-4-16-33-24-6-3-7-27(34-24)44(41,42)37-29(40)22-8-9-25(35-28(22)38(30)20-21)39-17-10-26(36-39)43-18-11-23-31(12-13-31)32(23)14-15-32;1-20(2)11-13-5-4-10-22-16-6-3-7-17(24-16)30(28,29)25-19(27)14-8-9-15(21)23-18(14)26(20)12-13;;/h3,6-10,17,21,23H,4-5,11-16,18-20H2,1-2H3,(H,33,34)(H,37,40);3,6-9,13H,4-5,10-12H2,1-2H3,(H,22,24)(H,25,27);2*1H4/t21-;13-;;/m00../s1. The Hall–Kier alpha value is -5.87. The van der Waals surface area contributed by atoms with Crippen LogP contribution in [0.25, 0.3) is 5.82 Å². The van der Waals surface area contributed by atoms with E-state index in [2.05, 4.69) is 93.6 Å². The maximum absolute atomic E-state index is 13.6. The first-order valence-corrected chi connectivity index (χ1v) is 29.5. The van der Waals surface area contributed by atoms with Gasteiger partial charge in [-0.15, -0.1) is 5.10 Å². The number of hydrogen-bond donors (Lipinski definition) is 4. The summed E-state index contributed by atoms with van der Waals surface area (Å²) in [5.74, 6) is 3.13. The van der Waals surface area contributed by atoms with Crippen molar-refractivity contribution in [3.8, 4) is 11.7 Å². The van der Waals surface area contributed by atoms with Crippen LogP contribution in [0.15, 0.2) is 87.6 Å². The lowest BCUT2D eigenvalue weighted by Gasteiger charge is -2.34. The maximum Gasteiger partial charge on any atom is 0.281 e. The predicted molar refractivity (Wildman–Crippen MR) is 296 cm³/mol. The Labute approximate surface area is 455 Å². The molecular weight excluding hydrogens is 1070 g/mol. The van der Waals surface area contributed by atoms with E-state index in [9.17, 15) is 26.4 Å². The minimum Gasteiger partial charge on any atom is -0.477 e. The van der Waals surface area contributed by atoms with E-state index in [0.717, 1.165) is 57.4 Å². The number of rotatable bonds is 5. The van der Waals surface area contributed by atoms with Gasteiger partial charge in [0, 0.05) is 49.5 Å². The summed E-state index contributed by atoms with van der Waals surface area (Å²) in [6, 6.07) is 17.8. The van der Waals surface area contributed by atoms with Crippen molar-refractivity contribution < 1.29 is 31.2 Å². The molecule has 22 heteroatoms. The van der Waals surface area contributed by atoms with Gasteiger partial charge in [0.1, 0.15) is 27.9 Å². The Bertz CT molecular complexity index is 3240. The van der Waals surface area contributed by atoms with Gasteiger partial charge < -0.3 is 25.2 Å². The number of ether oxygens (including phenoxy) is 1. The molecule has 76 heavy (non-hydrogen) atoms. The van der Waals surface area contributed by atoms with E-state index in [-0.39, 0.29) is 47.1 Å². The number of nitrogens with zero attached hydrogens (tertiary/aromatic N) is 8. The quantitative estimate of drug-likeness (QED) is 0.120. The van der Waals surface area contributed by atoms with E-state index >= 15 is 0 Å². The summed E-state index contributed by atoms with van der Waals surface area (Å²) >= 11 is 3.39. The van der Waals surface area contributed by atoms with E-state index in [1.165, 1.54) is 37.8 Å². The summed E-state index contributed by atoms with van der Waals surface area (Å²) in [4.78, 5) is 48.8. The highest BCUT2D eigenvalue weighted by molar-refractivity contribution is 9.10. The monoisotopic (exact) mass is 1140 g/mol. The number of fused-ring (bicyclic) bond motifs is 13. The van der Waals surface area contributed by atoms with Crippen molar-refractivity contribution in [2.75, 3.05) is 53.2 Å². The van der Waals surface area contributed by atoms with Crippen LogP contribution in [0.2, 0.25) is 0 Å². The molecule has 0 aromatic carbocycles. The van der Waals surface area contributed by atoms with Gasteiger partial charge in [-0.25, -0.2) is 34.1 Å². The molecule has 5 fully saturated rings. The van der Waals surface area contributed by atoms with E-state index in [1.54, 1.807) is 53.2 Å². The average molecular weight is 1140 g/mol. The van der Waals surface area contributed by atoms with Gasteiger partial charge in [-0.1, -0.05) is 27.0 Å². The lowest BCUT2D eigenvalue weighted by atomic mass is 9.93. The summed E-state index contributed by atoms with van der Waals surface area (Å²) in [5.41, 5.74) is 1.24. The third kappa shape index (κ3) is 10.6. The molecule has 8 bridgehead atoms. The molecule has 2 amide bonds. The third-order valence-corrected chi connectivity index (χ3v) is 19.4. The van der Waals surface area contributed by atoms with Crippen LogP contribution < -0.4 is 34.6 Å². The lowest BCUT2D eigenvalue weighted by molar-refractivity contribution is 0.0972. The molecule has 5 aromatic heterocycles. The van der Waals surface area contributed by atoms with E-state index in [1.807, 2.05) is 12.3 Å². The zero-order chi connectivity index (χ0) is 51.8. The minimum atomic E-state index is -4.22. The van der Waals surface area contributed by atoms with Crippen molar-refractivity contribution in [1.29, 1.82) is 0 Å². The molecule has 0 unspecified atom stereocenters. The molecule has 19 nitrogen and oxygen atoms in total. The number of pyridine rings is 4. The number of anilines is 4. The molecule has 5 aromatic rings. The topological polar surface area (TPSA) is 236 Å². The molecular formula is C54H71BrN12O7S2. The largest absolute Gasteiger partial charge is 0.477 e. The van der Waals surface area contributed by atoms with Crippen LogP contribution in [0.1, 0.15) is 134 Å². The summed E-state index contributed by atoms with van der Waals surface area (Å²) in [6.07, 6.45) is 14.2. The van der Waals surface area contributed by atoms with Crippen molar-refractivity contribution in [2.24, 2.45) is 28.6 Å². The van der Waals surface area contributed by atoms with Crippen LogP contribution in [-0.2, 0) is 20.0 Å². The lowest BCUT2D eigenvalue weighted by Crippen LogP contribution is -2.41. The molecule has 4 aliphatic heterocycles. The maximum atomic E-state index is 13.6. The van der Waals surface area contributed by atoms with Crippen LogP contribution in [0.5, 0.6) is 5.88 Å². The molecule has 4 N–H and O–H groups in total. The van der Waals surface area contributed by atoms with Gasteiger partial charge in [0.2, 0.25) is 5.88 Å². The second-order valence-corrected chi connectivity index (χ2v) is 26.4. The zero-order valence-electron chi connectivity index (χ0n) is 42.1. The molecule has 7 aliphatic rings. The number of amides is 2. The summed E-state index contributed by atoms with van der Waals surface area (Å²) in [7, 11) is -8.35. The van der Waals surface area contributed by atoms with Crippen molar-refractivity contribution in [2.45, 2.75) is 134 Å². The summed E-state index contributed by atoms with van der Waals surface area (Å²) in [5, 5.41) is 10.6.